The molecule has 0 bridgehead atoms. The number of carbonyl (C=O) groups excluding carboxylic acids is 3. The van der Waals surface area contributed by atoms with Gasteiger partial charge in [0.15, 0.2) is 11.5 Å². The van der Waals surface area contributed by atoms with Gasteiger partial charge in [0.05, 0.1) is 20.3 Å². The second-order valence-electron chi connectivity index (χ2n) is 5.90. The maximum atomic E-state index is 12.1. The van der Waals surface area contributed by atoms with Crippen molar-refractivity contribution in [1.82, 2.24) is 0 Å². The van der Waals surface area contributed by atoms with E-state index in [0.717, 1.165) is 22.3 Å². The highest BCUT2D eigenvalue weighted by molar-refractivity contribution is 6.04. The molecule has 0 fully saturated rings. The minimum absolute atomic E-state index is 0.0216. The minimum Gasteiger partial charge on any atom is -0.493 e. The maximum Gasteiger partial charge on any atom is 0.373 e. The summed E-state index contributed by atoms with van der Waals surface area (Å²) in [7, 11) is 1.54. The van der Waals surface area contributed by atoms with Crippen molar-refractivity contribution in [3.8, 4) is 11.5 Å². The zero-order valence-electron chi connectivity index (χ0n) is 17.1. The molecule has 2 aromatic carbocycles. The van der Waals surface area contributed by atoms with Crippen molar-refractivity contribution in [3.63, 3.8) is 0 Å². The average molecular weight is 412 g/mol. The summed E-state index contributed by atoms with van der Waals surface area (Å²) in [5, 5.41) is 9.31. The van der Waals surface area contributed by atoms with E-state index in [0.29, 0.717) is 18.1 Å². The van der Waals surface area contributed by atoms with Gasteiger partial charge in [-0.2, -0.15) is 14.5 Å². The third-order valence-corrected chi connectivity index (χ3v) is 3.88. The van der Waals surface area contributed by atoms with Gasteiger partial charge in [0, 0.05) is 0 Å². The van der Waals surface area contributed by atoms with Gasteiger partial charge in [0.2, 0.25) is 5.75 Å². The maximum absolute atomic E-state index is 12.1. The van der Waals surface area contributed by atoms with E-state index in [1.54, 1.807) is 30.4 Å². The lowest BCUT2D eigenvalue weighted by Gasteiger charge is -2.08. The summed E-state index contributed by atoms with van der Waals surface area (Å²) in [5.74, 6) is 0.848. The Morgan fingerprint density at radius 1 is 1.03 bits per heavy atom. The van der Waals surface area contributed by atoms with Crippen molar-refractivity contribution < 1.29 is 34.0 Å². The Labute approximate surface area is 175 Å². The van der Waals surface area contributed by atoms with E-state index >= 15 is 0 Å². The predicted octanol–water partition coefficient (Wildman–Crippen LogP) is 3.54. The first kappa shape index (κ1) is 24.5. The largest absolute Gasteiger partial charge is 0.493 e. The number of hydrogen-bond donors (Lipinski definition) is 1. The first-order chi connectivity index (χ1) is 14.5. The Bertz CT molecular complexity index is 923. The van der Waals surface area contributed by atoms with Crippen LogP contribution < -0.4 is 9.62 Å². The quantitative estimate of drug-likeness (QED) is 0.382. The van der Waals surface area contributed by atoms with Gasteiger partial charge in [0.1, 0.15) is 0 Å². The summed E-state index contributed by atoms with van der Waals surface area (Å²) in [5.41, 5.74) is 3.54. The normalized spacial score (nSPS) is 10.4. The molecule has 2 rings (SSSR count). The number of aryl methyl sites for hydroxylation is 1. The van der Waals surface area contributed by atoms with Gasteiger partial charge in [-0.05, 0) is 66.5 Å². The molecule has 30 heavy (non-hydrogen) atoms. The van der Waals surface area contributed by atoms with Crippen LogP contribution in [-0.4, -0.2) is 30.8 Å². The molecule has 0 saturated carbocycles. The lowest BCUT2D eigenvalue weighted by atomic mass is 10.0. The Hall–Kier alpha value is -3.51. The summed E-state index contributed by atoms with van der Waals surface area (Å²) in [6, 6.07) is 11.0. The van der Waals surface area contributed by atoms with Gasteiger partial charge < -0.3 is 14.7 Å². The molecule has 158 valence electrons. The Kier molecular flexibility index (Phi) is 11.1. The molecule has 2 aromatic rings. The second-order valence-corrected chi connectivity index (χ2v) is 5.90. The first-order valence-electron chi connectivity index (χ1n) is 9.06. The molecule has 0 spiro atoms. The highest BCUT2D eigenvalue weighted by Gasteiger charge is 2.06. The van der Waals surface area contributed by atoms with Gasteiger partial charge in [-0.1, -0.05) is 30.4 Å². The summed E-state index contributed by atoms with van der Waals surface area (Å²) in [6.07, 6.45) is 6.65. The van der Waals surface area contributed by atoms with Crippen LogP contribution in [0.1, 0.15) is 29.2 Å². The molecule has 0 aliphatic heterocycles. The van der Waals surface area contributed by atoms with E-state index in [2.05, 4.69) is 0 Å². The number of aliphatic hydroxyl groups excluding tert-OH is 1. The van der Waals surface area contributed by atoms with Gasteiger partial charge >= 0.3 is 6.15 Å². The van der Waals surface area contributed by atoms with Crippen LogP contribution in [0.5, 0.6) is 11.5 Å². The van der Waals surface area contributed by atoms with Crippen molar-refractivity contribution in [3.05, 3.63) is 70.8 Å². The van der Waals surface area contributed by atoms with Crippen LogP contribution in [0.4, 0.5) is 0 Å². The van der Waals surface area contributed by atoms with Crippen LogP contribution in [-0.2, 0) is 25.9 Å². The van der Waals surface area contributed by atoms with Gasteiger partial charge in [0.25, 0.3) is 0 Å². The molecule has 0 atom stereocenters. The molecule has 0 heterocycles. The van der Waals surface area contributed by atoms with Crippen LogP contribution in [0, 0.1) is 6.92 Å². The van der Waals surface area contributed by atoms with Crippen LogP contribution in [0.3, 0.4) is 0 Å². The number of aliphatic hydroxyl groups is 1. The monoisotopic (exact) mass is 412 g/mol. The molecular formula is C23H24O7. The van der Waals surface area contributed by atoms with E-state index in [1.165, 1.54) is 19.3 Å². The molecule has 0 aliphatic rings. The molecule has 7 heteroatoms. The molecule has 1 N–H and O–H groups in total. The fourth-order valence-electron chi connectivity index (χ4n) is 2.36. The average Bonchev–Trinajstić information content (AvgIpc) is 2.76. The Morgan fingerprint density at radius 2 is 1.63 bits per heavy atom. The van der Waals surface area contributed by atoms with Crippen LogP contribution in [0.25, 0.3) is 12.2 Å². The summed E-state index contributed by atoms with van der Waals surface area (Å²) < 4.78 is 5.27. The van der Waals surface area contributed by atoms with E-state index in [9.17, 15) is 9.90 Å². The van der Waals surface area contributed by atoms with Crippen LogP contribution >= 0.6 is 0 Å². The standard InChI is InChI=1S/C22H24O5.CO2/c1-4-26-27-21-12-9-18(14-22(21)25-3)8-11-20(24)10-7-17-6-5-16(2)19(13-17)15-23;2-1-3/h5-14,23H,4,15H2,1-3H3;/b10-7+,11-8+;. The third kappa shape index (κ3) is 8.24. The number of allylic oxidation sites excluding steroid dienone is 2. The molecule has 0 radical (unpaired) electrons. The predicted molar refractivity (Wildman–Crippen MR) is 110 cm³/mol. The van der Waals surface area contributed by atoms with Crippen molar-refractivity contribution in [2.75, 3.05) is 13.7 Å². The fraction of sp³-hybridized carbons (Fsp3) is 0.217. The van der Waals surface area contributed by atoms with Crippen molar-refractivity contribution >= 4 is 24.1 Å². The lowest BCUT2D eigenvalue weighted by Crippen LogP contribution is -1.98. The van der Waals surface area contributed by atoms with E-state index in [1.807, 2.05) is 32.0 Å². The van der Waals surface area contributed by atoms with E-state index in [4.69, 9.17) is 24.1 Å². The highest BCUT2D eigenvalue weighted by Crippen LogP contribution is 2.28. The molecule has 7 nitrogen and oxygen atoms in total. The molecule has 0 amide bonds. The van der Waals surface area contributed by atoms with Crippen LogP contribution in [0.15, 0.2) is 48.6 Å². The fourth-order valence-corrected chi connectivity index (χ4v) is 2.36. The summed E-state index contributed by atoms with van der Waals surface area (Å²) in [6.45, 7) is 4.16. The topological polar surface area (TPSA) is 99.1 Å². The number of benzene rings is 2. The number of ether oxygens (including phenoxy) is 1. The smallest absolute Gasteiger partial charge is 0.373 e. The lowest BCUT2D eigenvalue weighted by molar-refractivity contribution is -0.203. The van der Waals surface area contributed by atoms with Gasteiger partial charge in [-0.15, -0.1) is 0 Å². The van der Waals surface area contributed by atoms with Crippen molar-refractivity contribution in [2.45, 2.75) is 20.5 Å². The van der Waals surface area contributed by atoms with Crippen molar-refractivity contribution in [2.24, 2.45) is 0 Å². The number of hydrogen-bond acceptors (Lipinski definition) is 7. The van der Waals surface area contributed by atoms with Gasteiger partial charge in [-0.25, -0.2) is 0 Å². The Morgan fingerprint density at radius 3 is 2.20 bits per heavy atom. The van der Waals surface area contributed by atoms with Gasteiger partial charge in [-0.3, -0.25) is 4.79 Å². The summed E-state index contributed by atoms with van der Waals surface area (Å²) in [4.78, 5) is 38.4. The van der Waals surface area contributed by atoms with Crippen molar-refractivity contribution in [1.29, 1.82) is 0 Å². The highest BCUT2D eigenvalue weighted by atomic mass is 17.2. The second kappa shape index (κ2) is 13.6. The third-order valence-electron chi connectivity index (χ3n) is 3.88. The van der Waals surface area contributed by atoms with E-state index < -0.39 is 0 Å². The molecule has 0 saturated heterocycles. The SMILES string of the molecule is CCOOc1ccc(/C=C/C(=O)/C=C/c2ccc(C)c(CO)c2)cc1OC.O=C=O. The zero-order valence-corrected chi connectivity index (χ0v) is 17.1. The molecule has 0 aliphatic carbocycles. The molecular weight excluding hydrogens is 388 g/mol. The summed E-state index contributed by atoms with van der Waals surface area (Å²) >= 11 is 0. The number of ketones is 1. The zero-order chi connectivity index (χ0) is 22.4. The number of rotatable bonds is 9. The molecule has 0 aromatic heterocycles. The van der Waals surface area contributed by atoms with E-state index in [-0.39, 0.29) is 18.5 Å². The minimum atomic E-state index is -0.144. The number of methoxy groups -OCH3 is 1. The first-order valence-corrected chi connectivity index (χ1v) is 9.06. The van der Waals surface area contributed by atoms with Crippen LogP contribution in [0.2, 0.25) is 0 Å². The molecule has 0 unspecified atom stereocenters. The number of carbonyl (C=O) groups is 1. The Balaban J connectivity index is 0.00000141.